The lowest BCUT2D eigenvalue weighted by Crippen LogP contribution is -2.32. The third-order valence-corrected chi connectivity index (χ3v) is 4.20. The van der Waals surface area contributed by atoms with Gasteiger partial charge in [-0.25, -0.2) is 4.98 Å². The zero-order valence-corrected chi connectivity index (χ0v) is 14.4. The number of carbonyl (C=O) groups excluding carboxylic acids is 2. The van der Waals surface area contributed by atoms with E-state index in [4.69, 9.17) is 4.74 Å². The average Bonchev–Trinajstić information content (AvgIpc) is 3.03. The second kappa shape index (κ2) is 8.29. The Bertz CT molecular complexity index is 792. The number of hydrogen-bond acceptors (Lipinski definition) is 4. The van der Waals surface area contributed by atoms with Gasteiger partial charge in [0.1, 0.15) is 5.75 Å². The van der Waals surface area contributed by atoms with Crippen molar-refractivity contribution in [2.24, 2.45) is 5.92 Å². The fourth-order valence-corrected chi connectivity index (χ4v) is 2.86. The average molecular weight is 351 g/mol. The highest BCUT2D eigenvalue weighted by Crippen LogP contribution is 2.23. The Balaban J connectivity index is 1.60. The van der Waals surface area contributed by atoms with Crippen molar-refractivity contribution in [2.45, 2.75) is 13.0 Å². The number of nitrogens with one attached hydrogen (secondary N) is 1. The van der Waals surface area contributed by atoms with Gasteiger partial charge < -0.3 is 15.0 Å². The number of amides is 2. The normalized spacial score (nSPS) is 16.4. The molecule has 0 radical (unpaired) electrons. The van der Waals surface area contributed by atoms with Gasteiger partial charge in [0.15, 0.2) is 0 Å². The minimum atomic E-state index is -0.336. The van der Waals surface area contributed by atoms with Crippen LogP contribution in [0.25, 0.3) is 0 Å². The molecule has 1 aromatic heterocycles. The van der Waals surface area contributed by atoms with Crippen molar-refractivity contribution in [1.29, 1.82) is 0 Å². The Hall–Kier alpha value is -3.15. The molecule has 1 fully saturated rings. The van der Waals surface area contributed by atoms with Crippen LogP contribution in [0.1, 0.15) is 12.0 Å². The van der Waals surface area contributed by atoms with Gasteiger partial charge in [-0.15, -0.1) is 6.58 Å². The molecule has 6 heteroatoms. The van der Waals surface area contributed by atoms with Gasteiger partial charge in [0, 0.05) is 37.8 Å². The van der Waals surface area contributed by atoms with E-state index in [9.17, 15) is 9.59 Å². The summed E-state index contributed by atoms with van der Waals surface area (Å²) in [4.78, 5) is 30.2. The summed E-state index contributed by atoms with van der Waals surface area (Å²) in [6.07, 6.45) is 3.55. The van der Waals surface area contributed by atoms with Gasteiger partial charge in [-0.2, -0.15) is 0 Å². The van der Waals surface area contributed by atoms with E-state index in [1.165, 1.54) is 0 Å². The van der Waals surface area contributed by atoms with E-state index in [2.05, 4.69) is 16.9 Å². The molecule has 2 aromatic rings. The van der Waals surface area contributed by atoms with E-state index in [0.29, 0.717) is 31.3 Å². The van der Waals surface area contributed by atoms with Gasteiger partial charge in [-0.05, 0) is 18.2 Å². The van der Waals surface area contributed by atoms with Crippen LogP contribution in [0.4, 0.5) is 0 Å². The first-order valence-electron chi connectivity index (χ1n) is 8.50. The zero-order valence-electron chi connectivity index (χ0n) is 14.4. The smallest absolute Gasteiger partial charge is 0.225 e. The number of ether oxygens (including phenoxy) is 1. The van der Waals surface area contributed by atoms with Crippen LogP contribution in [0.2, 0.25) is 0 Å². The highest BCUT2D eigenvalue weighted by atomic mass is 16.5. The first kappa shape index (κ1) is 17.7. The predicted octanol–water partition coefficient (Wildman–Crippen LogP) is 2.52. The van der Waals surface area contributed by atoms with E-state index < -0.39 is 0 Å². The van der Waals surface area contributed by atoms with Crippen LogP contribution < -0.4 is 10.1 Å². The van der Waals surface area contributed by atoms with E-state index in [1.54, 1.807) is 23.2 Å². The molecule has 0 bridgehead atoms. The number of pyridine rings is 1. The number of likely N-dealkylation sites (tertiary alicyclic amines) is 1. The maximum absolute atomic E-state index is 12.4. The summed E-state index contributed by atoms with van der Waals surface area (Å²) in [6.45, 7) is 4.83. The van der Waals surface area contributed by atoms with E-state index in [-0.39, 0.29) is 24.2 Å². The molecule has 0 saturated carbocycles. The molecule has 1 aromatic carbocycles. The van der Waals surface area contributed by atoms with Gasteiger partial charge in [0.25, 0.3) is 0 Å². The first-order chi connectivity index (χ1) is 12.7. The molecule has 134 valence electrons. The van der Waals surface area contributed by atoms with E-state index >= 15 is 0 Å². The van der Waals surface area contributed by atoms with Gasteiger partial charge in [0.2, 0.25) is 17.7 Å². The summed E-state index contributed by atoms with van der Waals surface area (Å²) in [5, 5.41) is 2.89. The standard InChI is InChI=1S/C20H21N3O3/c1-2-11-23-14-16(12-18(23)24)19(25)22-13-15-7-6-10-21-20(15)26-17-8-4-3-5-9-17/h2-10,16H,1,11-14H2,(H,22,25)/t16-/m0/s1. The van der Waals surface area contributed by atoms with Crippen molar-refractivity contribution in [2.75, 3.05) is 13.1 Å². The molecule has 1 aliphatic heterocycles. The van der Waals surface area contributed by atoms with Crippen molar-refractivity contribution >= 4 is 11.8 Å². The Kier molecular flexibility index (Phi) is 5.63. The van der Waals surface area contributed by atoms with Crippen molar-refractivity contribution in [1.82, 2.24) is 15.2 Å². The molecule has 3 rings (SSSR count). The number of para-hydroxylation sites is 1. The van der Waals surface area contributed by atoms with Crippen molar-refractivity contribution in [3.05, 3.63) is 66.9 Å². The van der Waals surface area contributed by atoms with Crippen LogP contribution in [-0.2, 0) is 16.1 Å². The molecule has 1 saturated heterocycles. The molecule has 26 heavy (non-hydrogen) atoms. The lowest BCUT2D eigenvalue weighted by atomic mass is 10.1. The Morgan fingerprint density at radius 2 is 2.12 bits per heavy atom. The molecule has 2 amide bonds. The third kappa shape index (κ3) is 4.27. The Morgan fingerprint density at radius 1 is 1.31 bits per heavy atom. The monoisotopic (exact) mass is 351 g/mol. The van der Waals surface area contributed by atoms with Crippen LogP contribution >= 0.6 is 0 Å². The summed E-state index contributed by atoms with van der Waals surface area (Å²) in [7, 11) is 0. The lowest BCUT2D eigenvalue weighted by Gasteiger charge is -2.15. The van der Waals surface area contributed by atoms with E-state index in [0.717, 1.165) is 5.56 Å². The second-order valence-electron chi connectivity index (χ2n) is 6.09. The first-order valence-corrected chi connectivity index (χ1v) is 8.50. The molecular weight excluding hydrogens is 330 g/mol. The SMILES string of the molecule is C=CCN1C[C@@H](C(=O)NCc2cccnc2Oc2ccccc2)CC1=O. The van der Waals surface area contributed by atoms with Crippen molar-refractivity contribution in [3.63, 3.8) is 0 Å². The number of nitrogens with zero attached hydrogens (tertiary/aromatic N) is 2. The summed E-state index contributed by atoms with van der Waals surface area (Å²) >= 11 is 0. The number of rotatable bonds is 7. The van der Waals surface area contributed by atoms with Crippen molar-refractivity contribution < 1.29 is 14.3 Å². The predicted molar refractivity (Wildman–Crippen MR) is 97.5 cm³/mol. The second-order valence-corrected chi connectivity index (χ2v) is 6.09. The van der Waals surface area contributed by atoms with Gasteiger partial charge in [-0.1, -0.05) is 30.3 Å². The Morgan fingerprint density at radius 3 is 2.88 bits per heavy atom. The molecule has 0 aliphatic carbocycles. The molecule has 2 heterocycles. The number of benzene rings is 1. The molecule has 6 nitrogen and oxygen atoms in total. The third-order valence-electron chi connectivity index (χ3n) is 4.20. The maximum atomic E-state index is 12.4. The van der Waals surface area contributed by atoms with Gasteiger partial charge in [-0.3, -0.25) is 9.59 Å². The quantitative estimate of drug-likeness (QED) is 0.778. The van der Waals surface area contributed by atoms with Crippen LogP contribution in [0.15, 0.2) is 61.3 Å². The minimum Gasteiger partial charge on any atom is -0.439 e. The fraction of sp³-hybridized carbons (Fsp3) is 0.250. The largest absolute Gasteiger partial charge is 0.439 e. The molecule has 0 unspecified atom stereocenters. The summed E-state index contributed by atoms with van der Waals surface area (Å²) in [5.74, 6) is 0.645. The molecule has 0 spiro atoms. The molecule has 1 N–H and O–H groups in total. The number of aromatic nitrogens is 1. The zero-order chi connectivity index (χ0) is 18.4. The lowest BCUT2D eigenvalue weighted by molar-refractivity contribution is -0.128. The molecule has 1 atom stereocenters. The number of carbonyl (C=O) groups is 2. The highest BCUT2D eigenvalue weighted by Gasteiger charge is 2.33. The number of hydrogen-bond donors (Lipinski definition) is 1. The van der Waals surface area contributed by atoms with Crippen LogP contribution in [0.3, 0.4) is 0 Å². The highest BCUT2D eigenvalue weighted by molar-refractivity contribution is 5.89. The summed E-state index contributed by atoms with van der Waals surface area (Å²) in [6, 6.07) is 13.0. The van der Waals surface area contributed by atoms with Crippen LogP contribution in [-0.4, -0.2) is 34.8 Å². The molecule has 1 aliphatic rings. The maximum Gasteiger partial charge on any atom is 0.225 e. The fourth-order valence-electron chi connectivity index (χ4n) is 2.86. The van der Waals surface area contributed by atoms with Gasteiger partial charge >= 0.3 is 0 Å². The molecular formula is C20H21N3O3. The Labute approximate surface area is 152 Å². The van der Waals surface area contributed by atoms with Crippen molar-refractivity contribution in [3.8, 4) is 11.6 Å². The topological polar surface area (TPSA) is 71.5 Å². The van der Waals surface area contributed by atoms with Crippen LogP contribution in [0.5, 0.6) is 11.6 Å². The van der Waals surface area contributed by atoms with E-state index in [1.807, 2.05) is 36.4 Å². The van der Waals surface area contributed by atoms with Crippen LogP contribution in [0, 0.1) is 5.92 Å². The summed E-state index contributed by atoms with van der Waals surface area (Å²) in [5.41, 5.74) is 0.775. The minimum absolute atomic E-state index is 0.0143. The summed E-state index contributed by atoms with van der Waals surface area (Å²) < 4.78 is 5.80. The van der Waals surface area contributed by atoms with Gasteiger partial charge in [0.05, 0.1) is 5.92 Å².